The molecule has 0 aromatic carbocycles. The Bertz CT molecular complexity index is 1100. The lowest BCUT2D eigenvalue weighted by molar-refractivity contribution is -0.157. The molecule has 0 bridgehead atoms. The van der Waals surface area contributed by atoms with Crippen molar-refractivity contribution >= 4 is 63.7 Å². The van der Waals surface area contributed by atoms with Gasteiger partial charge in [0.15, 0.2) is 17.5 Å². The lowest BCUT2D eigenvalue weighted by Crippen LogP contribution is -2.71. The molecule has 0 saturated carbocycles. The molecule has 2 aliphatic rings. The van der Waals surface area contributed by atoms with Crippen LogP contribution in [-0.2, 0) is 38.3 Å². The van der Waals surface area contributed by atoms with Crippen molar-refractivity contribution in [1.82, 2.24) is 15.2 Å². The van der Waals surface area contributed by atoms with Gasteiger partial charge < -0.3 is 30.5 Å². The minimum Gasteiger partial charge on any atom is -0.479 e. The summed E-state index contributed by atoms with van der Waals surface area (Å²) in [4.78, 5) is 70.0. The Balaban J connectivity index is 1.80. The van der Waals surface area contributed by atoms with E-state index in [0.29, 0.717) is 0 Å². The third kappa shape index (κ3) is 5.28. The Morgan fingerprint density at radius 3 is 2.68 bits per heavy atom. The second kappa shape index (κ2) is 10.5. The van der Waals surface area contributed by atoms with E-state index in [1.165, 1.54) is 31.2 Å². The molecule has 14 nitrogen and oxygen atoms in total. The van der Waals surface area contributed by atoms with Gasteiger partial charge in [-0.3, -0.25) is 19.3 Å². The van der Waals surface area contributed by atoms with Crippen LogP contribution in [0, 0.1) is 0 Å². The van der Waals surface area contributed by atoms with E-state index in [1.54, 1.807) is 0 Å². The first-order valence-electron chi connectivity index (χ1n) is 9.46. The second-order valence-electron chi connectivity index (χ2n) is 6.76. The zero-order chi connectivity index (χ0) is 25.0. The molecule has 1 aromatic rings. The number of carbonyl (C=O) groups is 5. The summed E-state index contributed by atoms with van der Waals surface area (Å²) in [7, 11) is 1.24. The van der Waals surface area contributed by atoms with E-state index in [9.17, 15) is 24.0 Å². The molecule has 2 atom stereocenters. The van der Waals surface area contributed by atoms with Crippen molar-refractivity contribution in [2.75, 3.05) is 31.8 Å². The molecule has 4 N–H and O–H groups in total. The Labute approximate surface area is 200 Å². The third-order valence-corrected chi connectivity index (χ3v) is 6.48. The number of aromatic nitrogens is 1. The zero-order valence-corrected chi connectivity index (χ0v) is 19.4. The number of rotatable bonds is 9. The van der Waals surface area contributed by atoms with Crippen LogP contribution in [0.25, 0.3) is 0 Å². The van der Waals surface area contributed by atoms with Gasteiger partial charge in [0, 0.05) is 23.6 Å². The van der Waals surface area contributed by atoms with Crippen LogP contribution in [0.15, 0.2) is 21.8 Å². The molecule has 0 aliphatic carbocycles. The van der Waals surface area contributed by atoms with Crippen LogP contribution in [0.2, 0.25) is 0 Å². The number of nitrogens with zero attached hydrogens (tertiary/aromatic N) is 3. The van der Waals surface area contributed by atoms with Crippen LogP contribution >= 0.6 is 23.1 Å². The molecule has 1 fully saturated rings. The van der Waals surface area contributed by atoms with Crippen molar-refractivity contribution in [3.8, 4) is 0 Å². The van der Waals surface area contributed by atoms with E-state index in [-0.39, 0.29) is 40.2 Å². The summed E-state index contributed by atoms with van der Waals surface area (Å²) in [6, 6.07) is -1.03. The number of anilines is 1. The van der Waals surface area contributed by atoms with Crippen LogP contribution in [-0.4, -0.2) is 87.9 Å². The van der Waals surface area contributed by atoms with Gasteiger partial charge in [0.25, 0.3) is 11.8 Å². The first-order valence-corrected chi connectivity index (χ1v) is 11.4. The topological polar surface area (TPSA) is 200 Å². The van der Waals surface area contributed by atoms with Gasteiger partial charge in [-0.15, -0.1) is 23.1 Å². The molecular formula is C18H19N5O9S2. The van der Waals surface area contributed by atoms with Crippen molar-refractivity contribution in [2.45, 2.75) is 18.3 Å². The predicted molar refractivity (Wildman–Crippen MR) is 117 cm³/mol. The minimum atomic E-state index is -1.38. The second-order valence-corrected chi connectivity index (χ2v) is 8.75. The minimum absolute atomic E-state index is 0.156. The fraction of sp³-hybridized carbons (Fsp3) is 0.389. The summed E-state index contributed by atoms with van der Waals surface area (Å²) in [6.45, 7) is -0.0305. The van der Waals surface area contributed by atoms with Crippen molar-refractivity contribution in [2.24, 2.45) is 5.16 Å². The molecule has 3 heterocycles. The molecule has 3 rings (SSSR count). The van der Waals surface area contributed by atoms with E-state index in [0.717, 1.165) is 16.2 Å². The number of hydrogen-bond donors (Lipinski definition) is 3. The maximum absolute atomic E-state index is 12.9. The van der Waals surface area contributed by atoms with Crippen LogP contribution < -0.4 is 11.1 Å². The van der Waals surface area contributed by atoms with Gasteiger partial charge >= 0.3 is 17.9 Å². The summed E-state index contributed by atoms with van der Waals surface area (Å²) in [5.41, 5.74) is 5.60. The SMILES string of the molecule is CON=C(C(=O)N[C@H]1C(=O)N2C(C(=O)OCC(=O)O)=C(COC(C)=O)CS[C@H]12)c1csc(N)n1. The van der Waals surface area contributed by atoms with Crippen LogP contribution in [0.1, 0.15) is 12.6 Å². The number of hydrogen-bond acceptors (Lipinski definition) is 13. The quantitative estimate of drug-likeness (QED) is 0.156. The number of carboxylic acid groups (broad SMARTS) is 1. The molecule has 0 unspecified atom stereocenters. The van der Waals surface area contributed by atoms with E-state index in [1.807, 2.05) is 0 Å². The molecule has 1 aromatic heterocycles. The Morgan fingerprint density at radius 2 is 2.09 bits per heavy atom. The number of ether oxygens (including phenoxy) is 2. The van der Waals surface area contributed by atoms with E-state index >= 15 is 0 Å². The molecule has 0 spiro atoms. The zero-order valence-electron chi connectivity index (χ0n) is 17.8. The van der Waals surface area contributed by atoms with Crippen molar-refractivity contribution < 1.29 is 43.4 Å². The number of nitrogens with two attached hydrogens (primary N) is 1. The van der Waals surface area contributed by atoms with E-state index in [2.05, 4.69) is 15.5 Å². The Hall–Kier alpha value is -3.66. The third-order valence-electron chi connectivity index (χ3n) is 4.47. The van der Waals surface area contributed by atoms with E-state index in [4.69, 9.17) is 25.2 Å². The highest BCUT2D eigenvalue weighted by Gasteiger charge is 2.54. The highest BCUT2D eigenvalue weighted by Crippen LogP contribution is 2.40. The van der Waals surface area contributed by atoms with Gasteiger partial charge in [-0.1, -0.05) is 5.16 Å². The maximum Gasteiger partial charge on any atom is 0.355 e. The van der Waals surface area contributed by atoms with Crippen molar-refractivity contribution in [1.29, 1.82) is 0 Å². The number of nitrogens with one attached hydrogen (secondary N) is 1. The highest BCUT2D eigenvalue weighted by molar-refractivity contribution is 8.00. The van der Waals surface area contributed by atoms with Gasteiger partial charge in [0.2, 0.25) is 0 Å². The van der Waals surface area contributed by atoms with E-state index < -0.39 is 47.7 Å². The number of amides is 2. The lowest BCUT2D eigenvalue weighted by Gasteiger charge is -2.49. The van der Waals surface area contributed by atoms with Crippen LogP contribution in [0.3, 0.4) is 0 Å². The molecule has 2 aliphatic heterocycles. The molecule has 34 heavy (non-hydrogen) atoms. The van der Waals surface area contributed by atoms with Crippen LogP contribution in [0.4, 0.5) is 5.13 Å². The summed E-state index contributed by atoms with van der Waals surface area (Å²) < 4.78 is 9.69. The normalized spacial score (nSPS) is 19.6. The number of nitrogen functional groups attached to an aromatic ring is 1. The average Bonchev–Trinajstić information content (AvgIpc) is 3.22. The number of aliphatic carboxylic acids is 1. The summed E-state index contributed by atoms with van der Waals surface area (Å²) in [5.74, 6) is -4.30. The largest absolute Gasteiger partial charge is 0.479 e. The number of carbonyl (C=O) groups excluding carboxylic acids is 4. The first-order chi connectivity index (χ1) is 16.1. The van der Waals surface area contributed by atoms with Crippen molar-refractivity contribution in [3.05, 3.63) is 22.3 Å². The van der Waals surface area contributed by atoms with Gasteiger partial charge in [0.1, 0.15) is 36.5 Å². The van der Waals surface area contributed by atoms with Crippen molar-refractivity contribution in [3.63, 3.8) is 0 Å². The Morgan fingerprint density at radius 1 is 1.35 bits per heavy atom. The summed E-state index contributed by atoms with van der Waals surface area (Å²) >= 11 is 2.30. The molecule has 1 saturated heterocycles. The maximum atomic E-state index is 12.9. The number of esters is 2. The molecule has 182 valence electrons. The number of oxime groups is 1. The molecule has 2 amide bonds. The fourth-order valence-electron chi connectivity index (χ4n) is 3.07. The first kappa shape index (κ1) is 25.0. The fourth-order valence-corrected chi connectivity index (χ4v) is 4.94. The van der Waals surface area contributed by atoms with Gasteiger partial charge in [0.05, 0.1) is 0 Å². The lowest BCUT2D eigenvalue weighted by atomic mass is 10.0. The molecular weight excluding hydrogens is 494 g/mol. The van der Waals surface area contributed by atoms with Crippen LogP contribution in [0.5, 0.6) is 0 Å². The number of thioether (sulfide) groups is 1. The number of β-lactam (4-membered cyclic amide) rings is 1. The summed E-state index contributed by atoms with van der Waals surface area (Å²) in [5, 5.41) is 16.0. The number of fused-ring (bicyclic) bond motifs is 1. The smallest absolute Gasteiger partial charge is 0.355 e. The monoisotopic (exact) mass is 513 g/mol. The van der Waals surface area contributed by atoms with Gasteiger partial charge in [-0.05, 0) is 0 Å². The molecule has 16 heteroatoms. The molecule has 0 radical (unpaired) electrons. The predicted octanol–water partition coefficient (Wildman–Crippen LogP) is -1.08. The number of carboxylic acids is 1. The standard InChI is InChI=1S/C18H19N5O9S2/c1-7(24)31-3-8-5-33-16-12(15(28)23(16)13(8)17(29)32-4-10(25)26)21-14(27)11(22-30-2)9-6-34-18(19)20-9/h6,12,16H,3-5H2,1-2H3,(H2,19,20)(H,21,27)(H,25,26)/t12-,16+/m0/s1. The average molecular weight is 514 g/mol. The van der Waals surface area contributed by atoms with Gasteiger partial charge in [-0.25, -0.2) is 14.6 Å². The Kier molecular flexibility index (Phi) is 7.72. The summed E-state index contributed by atoms with van der Waals surface area (Å²) in [6.07, 6.45) is 0. The van der Waals surface area contributed by atoms with Gasteiger partial charge in [-0.2, -0.15) is 0 Å². The highest BCUT2D eigenvalue weighted by atomic mass is 32.2. The number of thiazole rings is 1.